The Labute approximate surface area is 268 Å². The van der Waals surface area contributed by atoms with Gasteiger partial charge in [-0.2, -0.15) is 8.42 Å². The first kappa shape index (κ1) is 41.9. The van der Waals surface area contributed by atoms with Gasteiger partial charge in [0.05, 0.1) is 25.9 Å². The van der Waals surface area contributed by atoms with E-state index in [4.69, 9.17) is 14.4 Å². The molecule has 0 aromatic heterocycles. The van der Waals surface area contributed by atoms with Crippen molar-refractivity contribution < 1.29 is 46.0 Å². The van der Waals surface area contributed by atoms with Gasteiger partial charge in [0.15, 0.2) is 5.25 Å². The molecule has 0 aliphatic rings. The molecule has 0 radical (unpaired) electrons. The number of ether oxygens (including phenoxy) is 2. The van der Waals surface area contributed by atoms with Crippen LogP contribution in [0.25, 0.3) is 6.08 Å². The number of unbranched alkanes of at least 4 members (excludes halogenated alkanes) is 2. The Hall–Kier alpha value is -1.20. The molecule has 2 N–H and O–H groups in total. The molecular weight excluding hydrogens is 582 g/mol. The molecule has 4 unspecified atom stereocenters. The fraction of sp³-hybridized carbons (Fsp3) is 0.643. The number of hydrogen-bond acceptors (Lipinski definition) is 8. The molecule has 0 aliphatic heterocycles. The second-order valence-corrected chi connectivity index (χ2v) is 11.8. The first-order valence-corrected chi connectivity index (χ1v) is 16.6. The van der Waals surface area contributed by atoms with Gasteiger partial charge in [0.1, 0.15) is 0 Å². The Bertz CT molecular complexity index is 989. The third kappa shape index (κ3) is 22.1. The summed E-state index contributed by atoms with van der Waals surface area (Å²) in [6.07, 6.45) is 9.58. The molecule has 1 aromatic rings. The van der Waals surface area contributed by atoms with Crippen LogP contribution in [0.15, 0.2) is 36.6 Å². The van der Waals surface area contributed by atoms with Crippen LogP contribution < -0.4 is 0 Å². The maximum atomic E-state index is 12.2. The summed E-state index contributed by atoms with van der Waals surface area (Å²) < 4.78 is 57.2. The molecule has 0 aliphatic carbocycles. The fourth-order valence-corrected chi connectivity index (χ4v) is 4.40. The van der Waals surface area contributed by atoms with Crippen LogP contribution in [0.4, 0.5) is 0 Å². The average Bonchev–Trinajstić information content (AvgIpc) is 2.92. The van der Waals surface area contributed by atoms with Gasteiger partial charge in [-0.25, -0.2) is 4.57 Å². The number of carbonyl (C=O) groups excluding carboxylic acids is 2. The van der Waals surface area contributed by atoms with E-state index >= 15 is 0 Å². The summed E-state index contributed by atoms with van der Waals surface area (Å²) in [4.78, 5) is 32.5. The van der Waals surface area contributed by atoms with E-state index in [1.807, 2.05) is 44.2 Å². The Morgan fingerprint density at radius 3 is 1.88 bits per heavy atom. The third-order valence-electron chi connectivity index (χ3n) is 6.23. The molecule has 41 heavy (non-hydrogen) atoms. The van der Waals surface area contributed by atoms with E-state index in [1.54, 1.807) is 6.08 Å². The van der Waals surface area contributed by atoms with Gasteiger partial charge in [0.2, 0.25) is 0 Å². The standard InChI is InChI=1S/C20H38O7S.C8H9O3P.Na.H/c1-5-9-11-16(7-3)14-26-19(21)13-18(28(23,24)25)20(22)27-15-17(8-4)12-10-6-2;9-12(10)11-7-6-8-4-2-1-3-5-8;;/h16-18H,5-15H2,1-4H3,(H,23,24,25);1-7,12H,(H,9,10);;/b;7-6+;;. The van der Waals surface area contributed by atoms with Gasteiger partial charge in [-0.1, -0.05) is 96.6 Å². The molecule has 0 bridgehead atoms. The molecule has 0 heterocycles. The van der Waals surface area contributed by atoms with Crippen LogP contribution in [0.1, 0.15) is 91.0 Å². The first-order chi connectivity index (χ1) is 19.0. The van der Waals surface area contributed by atoms with Crippen molar-refractivity contribution in [3.05, 3.63) is 42.2 Å². The van der Waals surface area contributed by atoms with Crippen molar-refractivity contribution in [1.82, 2.24) is 0 Å². The number of hydrogen-bond donors (Lipinski definition) is 2. The van der Waals surface area contributed by atoms with Crippen molar-refractivity contribution in [2.24, 2.45) is 11.8 Å². The van der Waals surface area contributed by atoms with Crippen LogP contribution in [0.5, 0.6) is 0 Å². The summed E-state index contributed by atoms with van der Waals surface area (Å²) in [5.41, 5.74) is 0.931. The summed E-state index contributed by atoms with van der Waals surface area (Å²) in [5, 5.41) is -1.95. The molecule has 10 nitrogen and oxygen atoms in total. The van der Waals surface area contributed by atoms with Crippen LogP contribution in [-0.4, -0.2) is 77.8 Å². The molecule has 0 fully saturated rings. The molecule has 4 atom stereocenters. The number of carbonyl (C=O) groups is 2. The topological polar surface area (TPSA) is 154 Å². The van der Waals surface area contributed by atoms with Crippen LogP contribution in [-0.2, 0) is 38.3 Å². The van der Waals surface area contributed by atoms with E-state index in [0.717, 1.165) is 56.9 Å². The monoisotopic (exact) mass is 630 g/mol. The van der Waals surface area contributed by atoms with E-state index < -0.39 is 42.0 Å². The zero-order valence-electron chi connectivity index (χ0n) is 24.1. The van der Waals surface area contributed by atoms with Crippen molar-refractivity contribution in [3.8, 4) is 0 Å². The maximum absolute atomic E-state index is 12.2. The predicted octanol–water partition coefficient (Wildman–Crippen LogP) is 5.56. The summed E-state index contributed by atoms with van der Waals surface area (Å²) in [7, 11) is -7.61. The molecule has 0 amide bonds. The average molecular weight is 631 g/mol. The van der Waals surface area contributed by atoms with E-state index in [2.05, 4.69) is 18.4 Å². The Kier molecular flexibility index (Phi) is 25.9. The zero-order valence-corrected chi connectivity index (χ0v) is 25.9. The Morgan fingerprint density at radius 2 is 1.44 bits per heavy atom. The molecule has 0 saturated heterocycles. The molecule has 1 aromatic carbocycles. The first-order valence-electron chi connectivity index (χ1n) is 13.9. The van der Waals surface area contributed by atoms with Crippen molar-refractivity contribution in [1.29, 1.82) is 0 Å². The summed E-state index contributed by atoms with van der Waals surface area (Å²) in [6, 6.07) is 9.39. The van der Waals surface area contributed by atoms with Crippen molar-refractivity contribution in [2.45, 2.75) is 90.7 Å². The quantitative estimate of drug-likeness (QED) is 0.0653. The Balaban J connectivity index is 0. The fourth-order valence-electron chi connectivity index (χ4n) is 3.56. The Morgan fingerprint density at radius 1 is 0.927 bits per heavy atom. The minimum atomic E-state index is -4.76. The van der Waals surface area contributed by atoms with Crippen LogP contribution in [0, 0.1) is 11.8 Å². The SMILES string of the molecule is CCCCC(CC)COC(=O)CC(C(=O)OCC(CC)CCCC)S(=O)(=O)O.O=[PH](O)O/C=C/c1ccccc1.[NaH]. The van der Waals surface area contributed by atoms with Crippen molar-refractivity contribution >= 4 is 65.9 Å². The van der Waals surface area contributed by atoms with E-state index in [1.165, 1.54) is 6.26 Å². The molecule has 232 valence electrons. The minimum absolute atomic E-state index is 0. The summed E-state index contributed by atoms with van der Waals surface area (Å²) >= 11 is 0. The van der Waals surface area contributed by atoms with E-state index in [9.17, 15) is 27.1 Å². The van der Waals surface area contributed by atoms with Gasteiger partial charge in [-0.05, 0) is 36.3 Å². The zero-order chi connectivity index (χ0) is 30.4. The number of rotatable bonds is 19. The molecular formula is C28H48NaO10PS. The third-order valence-corrected chi connectivity index (χ3v) is 7.65. The molecule has 13 heteroatoms. The second kappa shape index (κ2) is 25.3. The number of esters is 2. The van der Waals surface area contributed by atoms with Gasteiger partial charge in [-0.15, -0.1) is 0 Å². The van der Waals surface area contributed by atoms with Gasteiger partial charge in [-0.3, -0.25) is 14.1 Å². The molecule has 1 rings (SSSR count). The molecule has 0 saturated carbocycles. The van der Waals surface area contributed by atoms with E-state index in [0.29, 0.717) is 0 Å². The van der Waals surface area contributed by atoms with Crippen LogP contribution in [0.3, 0.4) is 0 Å². The van der Waals surface area contributed by atoms with Crippen LogP contribution >= 0.6 is 8.25 Å². The van der Waals surface area contributed by atoms with Crippen molar-refractivity contribution in [2.75, 3.05) is 13.2 Å². The summed E-state index contributed by atoms with van der Waals surface area (Å²) in [5.74, 6) is -1.61. The normalized spacial score (nSPS) is 14.0. The van der Waals surface area contributed by atoms with Gasteiger partial charge >= 0.3 is 49.8 Å². The van der Waals surface area contributed by atoms with E-state index in [-0.39, 0.29) is 54.6 Å². The summed E-state index contributed by atoms with van der Waals surface area (Å²) in [6.45, 7) is 8.35. The second-order valence-electron chi connectivity index (χ2n) is 9.45. The van der Waals surface area contributed by atoms with Gasteiger partial charge in [0, 0.05) is 0 Å². The van der Waals surface area contributed by atoms with Crippen LogP contribution in [0.2, 0.25) is 0 Å². The van der Waals surface area contributed by atoms with Gasteiger partial charge in [0.25, 0.3) is 10.1 Å². The van der Waals surface area contributed by atoms with Crippen molar-refractivity contribution in [3.63, 3.8) is 0 Å². The molecule has 0 spiro atoms. The predicted molar refractivity (Wildman–Crippen MR) is 163 cm³/mol. The van der Waals surface area contributed by atoms with Gasteiger partial charge < -0.3 is 18.9 Å². The number of benzene rings is 1.